The molecule has 4 aromatic rings. The highest BCUT2D eigenvalue weighted by Gasteiger charge is 2.21. The van der Waals surface area contributed by atoms with Gasteiger partial charge >= 0.3 is 0 Å². The van der Waals surface area contributed by atoms with Crippen LogP contribution in [-0.2, 0) is 0 Å². The summed E-state index contributed by atoms with van der Waals surface area (Å²) in [5, 5.41) is 8.85. The molecule has 8 nitrogen and oxygen atoms in total. The van der Waals surface area contributed by atoms with Gasteiger partial charge in [-0.3, -0.25) is 4.98 Å². The lowest BCUT2D eigenvalue weighted by Gasteiger charge is -2.28. The Labute approximate surface area is 166 Å². The number of fused-ring (bicyclic) bond motifs is 2. The number of likely N-dealkylation sites (tertiary alicyclic amines) is 1. The molecule has 0 aliphatic carbocycles. The SMILES string of the molecule is COc1cc(-c2cnc3cc(C4CCN(C)CC4)sc3n2)nn2nc(C)nc12. The first-order chi connectivity index (χ1) is 13.6. The molecule has 144 valence electrons. The number of piperidine rings is 1. The molecule has 0 radical (unpaired) electrons. The third-order valence-electron chi connectivity index (χ3n) is 5.25. The van der Waals surface area contributed by atoms with E-state index in [0.29, 0.717) is 34.5 Å². The molecule has 0 saturated carbocycles. The van der Waals surface area contributed by atoms with E-state index in [1.165, 1.54) is 22.3 Å². The lowest BCUT2D eigenvalue weighted by Crippen LogP contribution is -2.28. The van der Waals surface area contributed by atoms with Gasteiger partial charge in [0.25, 0.3) is 0 Å². The van der Waals surface area contributed by atoms with Gasteiger partial charge in [0.05, 0.1) is 13.3 Å². The summed E-state index contributed by atoms with van der Waals surface area (Å²) in [4.78, 5) is 18.5. The van der Waals surface area contributed by atoms with Crippen LogP contribution < -0.4 is 4.74 Å². The third kappa shape index (κ3) is 3.00. The van der Waals surface area contributed by atoms with Crippen LogP contribution in [0.3, 0.4) is 0 Å². The van der Waals surface area contributed by atoms with Crippen LogP contribution in [0.25, 0.3) is 27.4 Å². The standard InChI is InChI=1S/C19H21N7OS/c1-11-21-18-16(27-3)8-13(24-26(18)23-11)15-10-20-14-9-17(28-19(14)22-15)12-4-6-25(2)7-5-12/h8-10,12H,4-7H2,1-3H3. The highest BCUT2D eigenvalue weighted by Crippen LogP contribution is 2.35. The van der Waals surface area contributed by atoms with Crippen LogP contribution in [0.5, 0.6) is 5.75 Å². The molecule has 0 atom stereocenters. The minimum atomic E-state index is 0.596. The Hall–Kier alpha value is -2.65. The molecule has 1 aliphatic rings. The summed E-state index contributed by atoms with van der Waals surface area (Å²) in [6.07, 6.45) is 4.15. The summed E-state index contributed by atoms with van der Waals surface area (Å²) in [6.45, 7) is 4.12. The maximum Gasteiger partial charge on any atom is 0.218 e. The summed E-state index contributed by atoms with van der Waals surface area (Å²) in [7, 11) is 3.80. The van der Waals surface area contributed by atoms with Crippen LogP contribution in [0.15, 0.2) is 18.3 Å². The van der Waals surface area contributed by atoms with Crippen LogP contribution >= 0.6 is 11.3 Å². The molecule has 1 fully saturated rings. The van der Waals surface area contributed by atoms with Crippen molar-refractivity contribution >= 4 is 27.3 Å². The van der Waals surface area contributed by atoms with E-state index in [2.05, 4.69) is 38.2 Å². The van der Waals surface area contributed by atoms with Crippen molar-refractivity contribution in [2.75, 3.05) is 27.2 Å². The average molecular weight is 395 g/mol. The van der Waals surface area contributed by atoms with Gasteiger partial charge in [0.2, 0.25) is 5.65 Å². The highest BCUT2D eigenvalue weighted by molar-refractivity contribution is 7.18. The molecule has 5 heterocycles. The van der Waals surface area contributed by atoms with Gasteiger partial charge in [0.15, 0.2) is 11.6 Å². The van der Waals surface area contributed by atoms with Gasteiger partial charge in [-0.1, -0.05) is 0 Å². The van der Waals surface area contributed by atoms with Crippen LogP contribution in [0, 0.1) is 6.92 Å². The number of ether oxygens (including phenoxy) is 1. The second-order valence-electron chi connectivity index (χ2n) is 7.24. The first kappa shape index (κ1) is 17.4. The second kappa shape index (κ2) is 6.75. The summed E-state index contributed by atoms with van der Waals surface area (Å²) in [5.74, 6) is 1.87. The first-order valence-electron chi connectivity index (χ1n) is 9.35. The van der Waals surface area contributed by atoms with Crippen LogP contribution in [0.4, 0.5) is 0 Å². The van der Waals surface area contributed by atoms with Crippen molar-refractivity contribution in [1.29, 1.82) is 0 Å². The fraction of sp³-hybridized carbons (Fsp3) is 0.421. The highest BCUT2D eigenvalue weighted by atomic mass is 32.1. The minimum absolute atomic E-state index is 0.596. The van der Waals surface area contributed by atoms with E-state index in [4.69, 9.17) is 9.72 Å². The fourth-order valence-corrected chi connectivity index (χ4v) is 4.83. The zero-order chi connectivity index (χ0) is 19.3. The number of rotatable bonds is 3. The third-order valence-corrected chi connectivity index (χ3v) is 6.43. The van der Waals surface area contributed by atoms with Crippen LogP contribution in [0.1, 0.15) is 29.5 Å². The summed E-state index contributed by atoms with van der Waals surface area (Å²) in [6, 6.07) is 4.04. The first-order valence-corrected chi connectivity index (χ1v) is 10.2. The predicted molar refractivity (Wildman–Crippen MR) is 108 cm³/mol. The zero-order valence-electron chi connectivity index (χ0n) is 16.1. The van der Waals surface area contributed by atoms with E-state index in [9.17, 15) is 0 Å². The molecule has 28 heavy (non-hydrogen) atoms. The minimum Gasteiger partial charge on any atom is -0.493 e. The smallest absolute Gasteiger partial charge is 0.218 e. The normalized spacial score (nSPS) is 16.2. The van der Waals surface area contributed by atoms with E-state index in [1.807, 2.05) is 13.0 Å². The van der Waals surface area contributed by atoms with E-state index in [-0.39, 0.29) is 0 Å². The molecule has 9 heteroatoms. The van der Waals surface area contributed by atoms with Crippen LogP contribution in [-0.4, -0.2) is 61.9 Å². The largest absolute Gasteiger partial charge is 0.493 e. The number of aromatic nitrogens is 6. The quantitative estimate of drug-likeness (QED) is 0.527. The Morgan fingerprint density at radius 1 is 1.11 bits per heavy atom. The predicted octanol–water partition coefficient (Wildman–Crippen LogP) is 2.92. The Bertz CT molecular complexity index is 1160. The maximum atomic E-state index is 5.47. The summed E-state index contributed by atoms with van der Waals surface area (Å²) in [5.41, 5.74) is 2.92. The molecule has 1 saturated heterocycles. The number of aryl methyl sites for hydroxylation is 1. The van der Waals surface area contributed by atoms with Gasteiger partial charge in [-0.25, -0.2) is 9.97 Å². The number of hydrogen-bond donors (Lipinski definition) is 0. The summed E-state index contributed by atoms with van der Waals surface area (Å²) < 4.78 is 6.96. The lowest BCUT2D eigenvalue weighted by molar-refractivity contribution is 0.257. The Balaban J connectivity index is 1.53. The van der Waals surface area contributed by atoms with E-state index in [0.717, 1.165) is 23.4 Å². The monoisotopic (exact) mass is 395 g/mol. The lowest BCUT2D eigenvalue weighted by atomic mass is 9.95. The molecular formula is C19H21N7OS. The maximum absolute atomic E-state index is 5.47. The molecule has 0 aromatic carbocycles. The molecule has 5 rings (SSSR count). The van der Waals surface area contributed by atoms with Gasteiger partial charge in [-0.05, 0) is 51.9 Å². The number of thiophene rings is 1. The van der Waals surface area contributed by atoms with Gasteiger partial charge in [-0.15, -0.1) is 26.2 Å². The molecule has 0 bridgehead atoms. The molecule has 0 amide bonds. The van der Waals surface area contributed by atoms with Gasteiger partial charge < -0.3 is 9.64 Å². The van der Waals surface area contributed by atoms with Gasteiger partial charge in [-0.2, -0.15) is 0 Å². The van der Waals surface area contributed by atoms with Crippen molar-refractivity contribution in [2.24, 2.45) is 0 Å². The molecule has 0 N–H and O–H groups in total. The number of hydrogen-bond acceptors (Lipinski definition) is 8. The van der Waals surface area contributed by atoms with E-state index < -0.39 is 0 Å². The van der Waals surface area contributed by atoms with E-state index >= 15 is 0 Å². The van der Waals surface area contributed by atoms with Crippen molar-refractivity contribution < 1.29 is 4.74 Å². The Morgan fingerprint density at radius 2 is 1.93 bits per heavy atom. The average Bonchev–Trinajstić information content (AvgIpc) is 3.29. The van der Waals surface area contributed by atoms with Gasteiger partial charge in [0, 0.05) is 10.9 Å². The topological polar surface area (TPSA) is 81.3 Å². The van der Waals surface area contributed by atoms with Crippen molar-refractivity contribution in [3.8, 4) is 17.1 Å². The zero-order valence-corrected chi connectivity index (χ0v) is 16.9. The summed E-state index contributed by atoms with van der Waals surface area (Å²) >= 11 is 1.75. The molecule has 4 aromatic heterocycles. The number of nitrogens with zero attached hydrogens (tertiary/aromatic N) is 7. The Kier molecular flexibility index (Phi) is 4.21. The second-order valence-corrected chi connectivity index (χ2v) is 8.30. The molecule has 1 aliphatic heterocycles. The molecule has 0 unspecified atom stereocenters. The van der Waals surface area contributed by atoms with Crippen molar-refractivity contribution in [1.82, 2.24) is 34.7 Å². The molecular weight excluding hydrogens is 374 g/mol. The van der Waals surface area contributed by atoms with Crippen molar-refractivity contribution in [3.63, 3.8) is 0 Å². The van der Waals surface area contributed by atoms with Crippen molar-refractivity contribution in [3.05, 3.63) is 29.0 Å². The Morgan fingerprint density at radius 3 is 2.71 bits per heavy atom. The molecule has 0 spiro atoms. The van der Waals surface area contributed by atoms with Crippen molar-refractivity contribution in [2.45, 2.75) is 25.7 Å². The number of methoxy groups -OCH3 is 1. The van der Waals surface area contributed by atoms with E-state index in [1.54, 1.807) is 24.6 Å². The van der Waals surface area contributed by atoms with Gasteiger partial charge in [0.1, 0.15) is 21.7 Å². The fourth-order valence-electron chi connectivity index (χ4n) is 3.67. The van der Waals surface area contributed by atoms with Crippen LogP contribution in [0.2, 0.25) is 0 Å².